The van der Waals surface area contributed by atoms with Crippen LogP contribution >= 0.6 is 23.2 Å². The van der Waals surface area contributed by atoms with Gasteiger partial charge in [0.15, 0.2) is 0 Å². The summed E-state index contributed by atoms with van der Waals surface area (Å²) < 4.78 is 52.4. The summed E-state index contributed by atoms with van der Waals surface area (Å²) in [4.78, 5) is 20.9. The zero-order valence-electron chi connectivity index (χ0n) is 8.39. The van der Waals surface area contributed by atoms with E-state index in [1.165, 1.54) is 0 Å². The van der Waals surface area contributed by atoms with E-state index in [0.717, 1.165) is 0 Å². The van der Waals surface area contributed by atoms with Crippen molar-refractivity contribution in [1.82, 2.24) is 0 Å². The van der Waals surface area contributed by atoms with Crippen LogP contribution in [0.25, 0.3) is 0 Å². The third kappa shape index (κ3) is 2.64. The van der Waals surface area contributed by atoms with Gasteiger partial charge in [0.1, 0.15) is 0 Å². The number of hydrogen-bond acceptors (Lipinski definition) is 2. The highest BCUT2D eigenvalue weighted by Gasteiger charge is 2.42. The summed E-state index contributed by atoms with van der Waals surface area (Å²) in [5, 5.41) is -3.87. The molecule has 98 valence electrons. The van der Waals surface area contributed by atoms with Crippen molar-refractivity contribution in [2.45, 2.75) is 11.8 Å². The van der Waals surface area contributed by atoms with E-state index < -0.39 is 33.5 Å². The summed E-state index contributed by atoms with van der Waals surface area (Å²) in [7, 11) is 0. The number of benzene rings is 1. The Kier molecular flexibility index (Phi) is 4.02. The Morgan fingerprint density at radius 1 is 0.778 bits per heavy atom. The number of hydrogen-bond donors (Lipinski definition) is 0. The molecule has 0 unspecified atom stereocenters. The van der Waals surface area contributed by atoms with Crippen LogP contribution in [0.4, 0.5) is 17.6 Å². The topological polar surface area (TPSA) is 34.1 Å². The van der Waals surface area contributed by atoms with E-state index in [4.69, 9.17) is 0 Å². The molecule has 0 aliphatic rings. The highest BCUT2D eigenvalue weighted by Crippen LogP contribution is 2.34. The van der Waals surface area contributed by atoms with Gasteiger partial charge in [-0.1, -0.05) is 24.3 Å². The molecule has 0 amide bonds. The molecule has 0 aliphatic heterocycles. The van der Waals surface area contributed by atoms with Gasteiger partial charge in [0.25, 0.3) is 10.5 Å². The predicted octanol–water partition coefficient (Wildman–Crippen LogP) is 3.40. The summed E-state index contributed by atoms with van der Waals surface area (Å²) in [5.41, 5.74) is -1.71. The zero-order valence-corrected chi connectivity index (χ0v) is 9.91. The zero-order chi connectivity index (χ0) is 14.1. The van der Waals surface area contributed by atoms with Gasteiger partial charge < -0.3 is 0 Å². The van der Waals surface area contributed by atoms with Gasteiger partial charge in [-0.25, -0.2) is 0 Å². The van der Waals surface area contributed by atoms with Crippen molar-refractivity contribution < 1.29 is 27.2 Å². The minimum atomic E-state index is -3.99. The maximum absolute atomic E-state index is 13.1. The third-order valence-electron chi connectivity index (χ3n) is 2.10. The first-order valence-electron chi connectivity index (χ1n) is 4.36. The lowest BCUT2D eigenvalue weighted by atomic mass is 10.0. The lowest BCUT2D eigenvalue weighted by Gasteiger charge is -2.15. The summed E-state index contributed by atoms with van der Waals surface area (Å²) >= 11 is 9.34. The first-order chi connectivity index (χ1) is 8.10. The van der Waals surface area contributed by atoms with E-state index in [2.05, 4.69) is 23.2 Å². The smallest absolute Gasteiger partial charge is 0.274 e. The predicted molar refractivity (Wildman–Crippen MR) is 56.0 cm³/mol. The molecule has 0 bridgehead atoms. The Bertz CT molecular complexity index is 440. The van der Waals surface area contributed by atoms with E-state index >= 15 is 0 Å². The maximum Gasteiger partial charge on any atom is 0.345 e. The van der Waals surface area contributed by atoms with Crippen LogP contribution in [0.3, 0.4) is 0 Å². The first kappa shape index (κ1) is 14.9. The molecule has 18 heavy (non-hydrogen) atoms. The molecular formula is C10H4Cl2F4O2. The fraction of sp³-hybridized carbons (Fsp3) is 0.200. The Morgan fingerprint density at radius 2 is 1.00 bits per heavy atom. The molecule has 0 radical (unpaired) electrons. The Labute approximate surface area is 108 Å². The Morgan fingerprint density at radius 3 is 1.17 bits per heavy atom. The Hall–Kier alpha value is -1.14. The molecule has 0 heterocycles. The van der Waals surface area contributed by atoms with Crippen molar-refractivity contribution in [2.75, 3.05) is 0 Å². The normalized spacial score (nSPS) is 12.3. The molecule has 2 nitrogen and oxygen atoms in total. The van der Waals surface area contributed by atoms with Crippen LogP contribution in [0.2, 0.25) is 0 Å². The molecule has 1 rings (SSSR count). The molecule has 0 saturated heterocycles. The van der Waals surface area contributed by atoms with Crippen molar-refractivity contribution >= 4 is 33.7 Å². The van der Waals surface area contributed by atoms with Crippen LogP contribution < -0.4 is 0 Å². The van der Waals surface area contributed by atoms with Gasteiger partial charge in [-0.15, -0.1) is 0 Å². The second kappa shape index (κ2) is 4.85. The number of rotatable bonds is 4. The molecule has 1 aromatic rings. The van der Waals surface area contributed by atoms with E-state index in [1.807, 2.05) is 0 Å². The summed E-state index contributed by atoms with van der Waals surface area (Å²) in [6.45, 7) is 0. The quantitative estimate of drug-likeness (QED) is 0.631. The lowest BCUT2D eigenvalue weighted by Crippen LogP contribution is -2.23. The van der Waals surface area contributed by atoms with Crippen molar-refractivity contribution in [3.05, 3.63) is 35.4 Å². The van der Waals surface area contributed by atoms with Crippen molar-refractivity contribution in [1.29, 1.82) is 0 Å². The number of halogens is 6. The van der Waals surface area contributed by atoms with Crippen LogP contribution in [-0.2, 0) is 21.4 Å². The van der Waals surface area contributed by atoms with Gasteiger partial charge in [-0.3, -0.25) is 9.59 Å². The molecule has 0 N–H and O–H groups in total. The average molecular weight is 303 g/mol. The van der Waals surface area contributed by atoms with Gasteiger partial charge in [0.2, 0.25) is 0 Å². The second-order valence-corrected chi connectivity index (χ2v) is 3.96. The SMILES string of the molecule is O=C(Cl)C(F)(F)c1ccc(C(F)(F)C(=O)Cl)cc1. The van der Waals surface area contributed by atoms with Gasteiger partial charge in [-0.2, -0.15) is 17.6 Å². The fourth-order valence-electron chi connectivity index (χ4n) is 1.12. The molecule has 8 heteroatoms. The number of carbonyl (C=O) groups excluding carboxylic acids is 2. The van der Waals surface area contributed by atoms with E-state index in [0.29, 0.717) is 24.3 Å². The van der Waals surface area contributed by atoms with E-state index in [9.17, 15) is 27.2 Å². The number of carbonyl (C=O) groups is 2. The highest BCUT2D eigenvalue weighted by atomic mass is 35.5. The van der Waals surface area contributed by atoms with E-state index in [-0.39, 0.29) is 0 Å². The molecule has 0 fully saturated rings. The third-order valence-corrected chi connectivity index (χ3v) is 2.58. The van der Waals surface area contributed by atoms with Crippen LogP contribution in [0, 0.1) is 0 Å². The second-order valence-electron chi connectivity index (χ2n) is 3.27. The summed E-state index contributed by atoms with van der Waals surface area (Å²) in [6, 6.07) is 2.29. The van der Waals surface area contributed by atoms with Gasteiger partial charge in [0, 0.05) is 11.1 Å². The Balaban J connectivity index is 3.16. The van der Waals surface area contributed by atoms with Crippen LogP contribution in [0.1, 0.15) is 11.1 Å². The fourth-order valence-corrected chi connectivity index (χ4v) is 1.33. The largest absolute Gasteiger partial charge is 0.345 e. The standard InChI is InChI=1S/C10H4Cl2F4O2/c11-7(17)9(13,14)5-1-2-6(4-3-5)10(15,16)8(12)18/h1-4H. The molecule has 0 aliphatic carbocycles. The minimum absolute atomic E-state index is 0.573. The van der Waals surface area contributed by atoms with Crippen LogP contribution in [0.15, 0.2) is 24.3 Å². The van der Waals surface area contributed by atoms with Gasteiger partial charge >= 0.3 is 11.8 Å². The van der Waals surface area contributed by atoms with Crippen LogP contribution in [-0.4, -0.2) is 10.5 Å². The maximum atomic E-state index is 13.1. The highest BCUT2D eigenvalue weighted by molar-refractivity contribution is 6.65. The molecule has 0 atom stereocenters. The van der Waals surface area contributed by atoms with Gasteiger partial charge in [-0.05, 0) is 23.2 Å². The average Bonchev–Trinajstić information content (AvgIpc) is 2.28. The van der Waals surface area contributed by atoms with Crippen molar-refractivity contribution in [3.8, 4) is 0 Å². The first-order valence-corrected chi connectivity index (χ1v) is 5.12. The van der Waals surface area contributed by atoms with Crippen molar-refractivity contribution in [3.63, 3.8) is 0 Å². The molecule has 0 spiro atoms. The summed E-state index contributed by atoms with van der Waals surface area (Å²) in [5.74, 6) is -7.97. The lowest BCUT2D eigenvalue weighted by molar-refractivity contribution is -0.136. The molecular weight excluding hydrogens is 299 g/mol. The summed E-state index contributed by atoms with van der Waals surface area (Å²) in [6.07, 6.45) is 0. The molecule has 0 aromatic heterocycles. The monoisotopic (exact) mass is 302 g/mol. The number of alkyl halides is 4. The van der Waals surface area contributed by atoms with Gasteiger partial charge in [0.05, 0.1) is 0 Å². The van der Waals surface area contributed by atoms with Crippen LogP contribution in [0.5, 0.6) is 0 Å². The van der Waals surface area contributed by atoms with E-state index in [1.54, 1.807) is 0 Å². The van der Waals surface area contributed by atoms with Crippen molar-refractivity contribution in [2.24, 2.45) is 0 Å². The molecule has 0 saturated carbocycles. The minimum Gasteiger partial charge on any atom is -0.274 e. The molecule has 1 aromatic carbocycles.